The number of imidazole rings is 1. The molecule has 0 aliphatic carbocycles. The van der Waals surface area contributed by atoms with E-state index in [4.69, 9.17) is 4.74 Å². The molecule has 3 fully saturated rings. The first kappa shape index (κ1) is 19.9. The van der Waals surface area contributed by atoms with Crippen LogP contribution in [0.4, 0.5) is 0 Å². The maximum absolute atomic E-state index is 12.9. The van der Waals surface area contributed by atoms with E-state index >= 15 is 0 Å². The standard InChI is InChI=1S/C21H35N5O2/c1-2-24-11-7-22-20(24)17-23-9-5-19(6-10-23)26-8-3-4-18(16-26)21(27)25-12-14-28-15-13-25/h7,11,18-19H,2-6,8-10,12-17H2,1H3/t18-/m0/s1. The third-order valence-electron chi connectivity index (χ3n) is 6.71. The normalized spacial score (nSPS) is 25.9. The van der Waals surface area contributed by atoms with Gasteiger partial charge in [0.15, 0.2) is 0 Å². The molecule has 0 N–H and O–H groups in total. The minimum absolute atomic E-state index is 0.182. The first-order chi connectivity index (χ1) is 13.7. The number of nitrogens with zero attached hydrogens (tertiary/aromatic N) is 5. The molecular formula is C21H35N5O2. The number of rotatable bonds is 5. The molecule has 28 heavy (non-hydrogen) atoms. The molecule has 0 spiro atoms. The highest BCUT2D eigenvalue weighted by atomic mass is 16.5. The van der Waals surface area contributed by atoms with Gasteiger partial charge in [0, 0.05) is 57.7 Å². The van der Waals surface area contributed by atoms with Crippen LogP contribution in [-0.2, 0) is 22.6 Å². The van der Waals surface area contributed by atoms with E-state index in [0.29, 0.717) is 25.2 Å². The number of hydrogen-bond donors (Lipinski definition) is 0. The number of carbonyl (C=O) groups is 1. The highest BCUT2D eigenvalue weighted by Gasteiger charge is 2.34. The van der Waals surface area contributed by atoms with Crippen molar-refractivity contribution in [3.05, 3.63) is 18.2 Å². The van der Waals surface area contributed by atoms with Crippen molar-refractivity contribution < 1.29 is 9.53 Å². The van der Waals surface area contributed by atoms with Gasteiger partial charge in [-0.15, -0.1) is 0 Å². The van der Waals surface area contributed by atoms with Crippen LogP contribution in [0.3, 0.4) is 0 Å². The number of amides is 1. The summed E-state index contributed by atoms with van der Waals surface area (Å²) in [5.41, 5.74) is 0. The molecule has 1 amide bonds. The lowest BCUT2D eigenvalue weighted by Gasteiger charge is -2.43. The van der Waals surface area contributed by atoms with E-state index in [1.165, 1.54) is 18.7 Å². The smallest absolute Gasteiger partial charge is 0.227 e. The second-order valence-electron chi connectivity index (χ2n) is 8.41. The topological polar surface area (TPSA) is 53.8 Å². The van der Waals surface area contributed by atoms with Gasteiger partial charge in [-0.05, 0) is 39.2 Å². The molecule has 0 unspecified atom stereocenters. The van der Waals surface area contributed by atoms with Crippen LogP contribution in [0.2, 0.25) is 0 Å². The summed E-state index contributed by atoms with van der Waals surface area (Å²) in [5.74, 6) is 1.72. The molecule has 0 radical (unpaired) electrons. The number of morpholine rings is 1. The largest absolute Gasteiger partial charge is 0.378 e. The first-order valence-electron chi connectivity index (χ1n) is 11.1. The molecule has 3 aliphatic rings. The van der Waals surface area contributed by atoms with Crippen molar-refractivity contribution >= 4 is 5.91 Å². The van der Waals surface area contributed by atoms with Crippen LogP contribution in [0.25, 0.3) is 0 Å². The predicted molar refractivity (Wildman–Crippen MR) is 108 cm³/mol. The summed E-state index contributed by atoms with van der Waals surface area (Å²) in [6.07, 6.45) is 8.57. The van der Waals surface area contributed by atoms with Gasteiger partial charge in [-0.25, -0.2) is 4.98 Å². The van der Waals surface area contributed by atoms with E-state index in [1.807, 2.05) is 11.1 Å². The Labute approximate surface area is 168 Å². The lowest BCUT2D eigenvalue weighted by atomic mass is 9.92. The number of hydrogen-bond acceptors (Lipinski definition) is 5. The minimum Gasteiger partial charge on any atom is -0.378 e. The summed E-state index contributed by atoms with van der Waals surface area (Å²) in [6, 6.07) is 0.627. The number of carbonyl (C=O) groups excluding carboxylic acids is 1. The fourth-order valence-electron chi connectivity index (χ4n) is 5.00. The quantitative estimate of drug-likeness (QED) is 0.763. The molecule has 0 bridgehead atoms. The lowest BCUT2D eigenvalue weighted by molar-refractivity contribution is -0.142. The average Bonchev–Trinajstić information content (AvgIpc) is 3.21. The zero-order valence-electron chi connectivity index (χ0n) is 17.3. The second-order valence-corrected chi connectivity index (χ2v) is 8.41. The Kier molecular flexibility index (Phi) is 6.65. The van der Waals surface area contributed by atoms with E-state index in [9.17, 15) is 4.79 Å². The third kappa shape index (κ3) is 4.58. The van der Waals surface area contributed by atoms with Crippen LogP contribution in [0.1, 0.15) is 38.4 Å². The number of piperidine rings is 2. The van der Waals surface area contributed by atoms with Crippen LogP contribution in [0.15, 0.2) is 12.4 Å². The van der Waals surface area contributed by atoms with Gasteiger partial charge >= 0.3 is 0 Å². The summed E-state index contributed by atoms with van der Waals surface area (Å²) in [6.45, 7) is 11.4. The van der Waals surface area contributed by atoms with Gasteiger partial charge in [0.05, 0.1) is 25.7 Å². The average molecular weight is 390 g/mol. The number of aromatic nitrogens is 2. The molecule has 3 aliphatic heterocycles. The molecule has 0 saturated carbocycles. The lowest BCUT2D eigenvalue weighted by Crippen LogP contribution is -2.52. The van der Waals surface area contributed by atoms with Crippen molar-refractivity contribution in [1.82, 2.24) is 24.3 Å². The van der Waals surface area contributed by atoms with Crippen LogP contribution in [-0.4, -0.2) is 88.7 Å². The number of ether oxygens (including phenoxy) is 1. The minimum atomic E-state index is 0.182. The van der Waals surface area contributed by atoms with Crippen molar-refractivity contribution in [2.75, 3.05) is 52.5 Å². The Balaban J connectivity index is 1.26. The summed E-state index contributed by atoms with van der Waals surface area (Å²) in [7, 11) is 0. The summed E-state index contributed by atoms with van der Waals surface area (Å²) >= 11 is 0. The fourth-order valence-corrected chi connectivity index (χ4v) is 5.00. The Hall–Kier alpha value is -1.44. The monoisotopic (exact) mass is 389 g/mol. The molecule has 156 valence electrons. The molecule has 7 nitrogen and oxygen atoms in total. The Morgan fingerprint density at radius 3 is 2.68 bits per heavy atom. The van der Waals surface area contributed by atoms with Gasteiger partial charge < -0.3 is 14.2 Å². The number of likely N-dealkylation sites (tertiary alicyclic amines) is 2. The van der Waals surface area contributed by atoms with E-state index in [1.54, 1.807) is 0 Å². The van der Waals surface area contributed by atoms with Crippen molar-refractivity contribution in [3.63, 3.8) is 0 Å². The highest BCUT2D eigenvalue weighted by molar-refractivity contribution is 5.79. The van der Waals surface area contributed by atoms with Crippen molar-refractivity contribution in [3.8, 4) is 0 Å². The van der Waals surface area contributed by atoms with Gasteiger partial charge in [-0.3, -0.25) is 14.6 Å². The summed E-state index contributed by atoms with van der Waals surface area (Å²) < 4.78 is 7.64. The van der Waals surface area contributed by atoms with E-state index in [0.717, 1.165) is 65.2 Å². The molecule has 3 saturated heterocycles. The Bertz CT molecular complexity index is 634. The van der Waals surface area contributed by atoms with Crippen molar-refractivity contribution in [2.45, 2.75) is 51.7 Å². The maximum atomic E-state index is 12.9. The van der Waals surface area contributed by atoms with Gasteiger partial charge in [-0.2, -0.15) is 0 Å². The SMILES string of the molecule is CCn1ccnc1CN1CCC(N2CCC[C@H](C(=O)N3CCOCC3)C2)CC1. The van der Waals surface area contributed by atoms with Crippen molar-refractivity contribution in [2.24, 2.45) is 5.92 Å². The zero-order chi connectivity index (χ0) is 19.3. The molecule has 7 heteroatoms. The Morgan fingerprint density at radius 2 is 1.93 bits per heavy atom. The molecule has 1 atom stereocenters. The first-order valence-corrected chi connectivity index (χ1v) is 11.1. The van der Waals surface area contributed by atoms with Gasteiger partial charge in [0.1, 0.15) is 5.82 Å². The molecule has 1 aromatic heterocycles. The molecule has 4 rings (SSSR count). The van der Waals surface area contributed by atoms with E-state index in [2.05, 4.69) is 32.5 Å². The van der Waals surface area contributed by atoms with Crippen LogP contribution in [0, 0.1) is 5.92 Å². The van der Waals surface area contributed by atoms with Crippen LogP contribution < -0.4 is 0 Å². The molecule has 4 heterocycles. The van der Waals surface area contributed by atoms with E-state index in [-0.39, 0.29) is 5.92 Å². The van der Waals surface area contributed by atoms with Crippen molar-refractivity contribution in [1.29, 1.82) is 0 Å². The van der Waals surface area contributed by atoms with Gasteiger partial charge in [-0.1, -0.05) is 0 Å². The fraction of sp³-hybridized carbons (Fsp3) is 0.810. The highest BCUT2D eigenvalue weighted by Crippen LogP contribution is 2.26. The summed E-state index contributed by atoms with van der Waals surface area (Å²) in [5, 5.41) is 0. The van der Waals surface area contributed by atoms with Crippen LogP contribution in [0.5, 0.6) is 0 Å². The predicted octanol–water partition coefficient (Wildman–Crippen LogP) is 1.44. The van der Waals surface area contributed by atoms with E-state index < -0.39 is 0 Å². The van der Waals surface area contributed by atoms with Gasteiger partial charge in [0.2, 0.25) is 5.91 Å². The van der Waals surface area contributed by atoms with Crippen LogP contribution >= 0.6 is 0 Å². The molecule has 1 aromatic rings. The molecular weight excluding hydrogens is 354 g/mol. The number of aryl methyl sites for hydroxylation is 1. The molecule has 0 aromatic carbocycles. The third-order valence-corrected chi connectivity index (χ3v) is 6.71. The van der Waals surface area contributed by atoms with Gasteiger partial charge in [0.25, 0.3) is 0 Å². The Morgan fingerprint density at radius 1 is 1.14 bits per heavy atom. The maximum Gasteiger partial charge on any atom is 0.227 e. The zero-order valence-corrected chi connectivity index (χ0v) is 17.3. The summed E-state index contributed by atoms with van der Waals surface area (Å²) in [4.78, 5) is 24.6. The second kappa shape index (κ2) is 9.37.